The van der Waals surface area contributed by atoms with Crippen LogP contribution in [0.2, 0.25) is 0 Å². The predicted molar refractivity (Wildman–Crippen MR) is 55.7 cm³/mol. The van der Waals surface area contributed by atoms with Crippen molar-refractivity contribution in [1.82, 2.24) is 0 Å². The molecular formula is C11H21F3O. The first-order valence-electron chi connectivity index (χ1n) is 5.44. The summed E-state index contributed by atoms with van der Waals surface area (Å²) in [6, 6.07) is 0. The molecule has 0 aliphatic carbocycles. The summed E-state index contributed by atoms with van der Waals surface area (Å²) in [6.07, 6.45) is 1.26. The third-order valence-corrected chi connectivity index (χ3v) is 2.10. The molecule has 0 N–H and O–H groups in total. The quantitative estimate of drug-likeness (QED) is 0.636. The van der Waals surface area contributed by atoms with Crippen LogP contribution < -0.4 is 0 Å². The highest BCUT2D eigenvalue weighted by atomic mass is 19.4. The molecule has 0 atom stereocenters. The van der Waals surface area contributed by atoms with E-state index in [1.165, 1.54) is 32.1 Å². The van der Waals surface area contributed by atoms with Gasteiger partial charge in [-0.05, 0) is 5.92 Å². The van der Waals surface area contributed by atoms with E-state index in [-0.39, 0.29) is 0 Å². The Balaban J connectivity index is 0. The number of aldehydes is 1. The highest BCUT2D eigenvalue weighted by molar-refractivity contribution is 5.56. The maximum atomic E-state index is 10.4. The number of hydrogen-bond acceptors (Lipinski definition) is 1. The van der Waals surface area contributed by atoms with Gasteiger partial charge in [-0.15, -0.1) is 0 Å². The Morgan fingerprint density at radius 1 is 1.07 bits per heavy atom. The van der Waals surface area contributed by atoms with Gasteiger partial charge in [-0.1, -0.05) is 52.9 Å². The zero-order chi connectivity index (χ0) is 12.3. The first kappa shape index (κ1) is 16.9. The van der Waals surface area contributed by atoms with Crippen molar-refractivity contribution in [2.45, 2.75) is 59.1 Å². The van der Waals surface area contributed by atoms with Crippen LogP contribution in [0.15, 0.2) is 0 Å². The minimum atomic E-state index is -4.64. The number of hydrogen-bond donors (Lipinski definition) is 0. The molecule has 1 nitrogen and oxygen atoms in total. The Kier molecular flexibility index (Phi) is 11.2. The average Bonchev–Trinajstić information content (AvgIpc) is 2.17. The molecule has 15 heavy (non-hydrogen) atoms. The van der Waals surface area contributed by atoms with Crippen LogP contribution in [0.4, 0.5) is 13.2 Å². The molecule has 0 aromatic rings. The molecule has 0 aliphatic rings. The van der Waals surface area contributed by atoms with Gasteiger partial charge in [0.2, 0.25) is 6.29 Å². The number of alkyl halides is 3. The van der Waals surface area contributed by atoms with Crippen LogP contribution in [0.3, 0.4) is 0 Å². The van der Waals surface area contributed by atoms with Gasteiger partial charge < -0.3 is 0 Å². The van der Waals surface area contributed by atoms with Crippen LogP contribution in [0.1, 0.15) is 52.9 Å². The van der Waals surface area contributed by atoms with E-state index in [0.717, 1.165) is 5.92 Å². The van der Waals surface area contributed by atoms with E-state index in [9.17, 15) is 13.2 Å². The molecule has 0 fully saturated rings. The Morgan fingerprint density at radius 3 is 1.53 bits per heavy atom. The van der Waals surface area contributed by atoms with Crippen LogP contribution >= 0.6 is 0 Å². The molecule has 0 bridgehead atoms. The fourth-order valence-electron chi connectivity index (χ4n) is 1.37. The van der Waals surface area contributed by atoms with Gasteiger partial charge >= 0.3 is 6.18 Å². The Labute approximate surface area is 90.1 Å². The van der Waals surface area contributed by atoms with Crippen LogP contribution in [-0.4, -0.2) is 12.5 Å². The summed E-state index contributed by atoms with van der Waals surface area (Å²) in [5, 5.41) is 0. The van der Waals surface area contributed by atoms with E-state index in [1.54, 1.807) is 0 Å². The second-order valence-corrected chi connectivity index (χ2v) is 3.51. The summed E-state index contributed by atoms with van der Waals surface area (Å²) in [5.74, 6) is 1.01. The smallest absolute Gasteiger partial charge is 0.293 e. The van der Waals surface area contributed by atoms with E-state index in [0.29, 0.717) is 0 Å². The standard InChI is InChI=1S/C9H20.C2HF3O/c1-4-7-9(6-3)8-5-2;3-2(4,5)1-6/h9H,4-8H2,1-3H3;1H. The van der Waals surface area contributed by atoms with Crippen molar-refractivity contribution in [3.63, 3.8) is 0 Å². The van der Waals surface area contributed by atoms with Crippen molar-refractivity contribution < 1.29 is 18.0 Å². The molecule has 0 rings (SSSR count). The van der Waals surface area contributed by atoms with Gasteiger partial charge in [0, 0.05) is 0 Å². The van der Waals surface area contributed by atoms with Gasteiger partial charge in [-0.25, -0.2) is 0 Å². The lowest BCUT2D eigenvalue weighted by Gasteiger charge is -2.10. The predicted octanol–water partition coefficient (Wildman–Crippen LogP) is 4.36. The maximum Gasteiger partial charge on any atom is 0.446 e. The zero-order valence-electron chi connectivity index (χ0n) is 9.73. The topological polar surface area (TPSA) is 17.1 Å². The van der Waals surface area contributed by atoms with Crippen LogP contribution in [0.5, 0.6) is 0 Å². The van der Waals surface area contributed by atoms with Gasteiger partial charge in [0.05, 0.1) is 0 Å². The van der Waals surface area contributed by atoms with E-state index >= 15 is 0 Å². The van der Waals surface area contributed by atoms with E-state index < -0.39 is 12.5 Å². The van der Waals surface area contributed by atoms with Crippen molar-refractivity contribution in [1.29, 1.82) is 0 Å². The molecule has 92 valence electrons. The number of carbonyl (C=O) groups is 1. The largest absolute Gasteiger partial charge is 0.446 e. The summed E-state index contributed by atoms with van der Waals surface area (Å²) in [4.78, 5) is 8.70. The third kappa shape index (κ3) is 16.2. The Morgan fingerprint density at radius 2 is 1.40 bits per heavy atom. The molecule has 0 heterocycles. The molecule has 4 heteroatoms. The van der Waals surface area contributed by atoms with Crippen molar-refractivity contribution in [3.05, 3.63) is 0 Å². The molecule has 0 saturated carbocycles. The van der Waals surface area contributed by atoms with Crippen molar-refractivity contribution in [2.24, 2.45) is 5.92 Å². The molecule has 0 aromatic heterocycles. The monoisotopic (exact) mass is 226 g/mol. The number of carbonyl (C=O) groups excluding carboxylic acids is 1. The van der Waals surface area contributed by atoms with Gasteiger partial charge in [0.1, 0.15) is 0 Å². The van der Waals surface area contributed by atoms with Crippen molar-refractivity contribution >= 4 is 6.29 Å². The molecule has 0 aliphatic heterocycles. The van der Waals surface area contributed by atoms with Crippen LogP contribution in [0, 0.1) is 5.92 Å². The summed E-state index contributed by atoms with van der Waals surface area (Å²) in [7, 11) is 0. The zero-order valence-corrected chi connectivity index (χ0v) is 9.73. The van der Waals surface area contributed by atoms with Gasteiger partial charge in [-0.2, -0.15) is 13.2 Å². The van der Waals surface area contributed by atoms with Crippen molar-refractivity contribution in [3.8, 4) is 0 Å². The first-order valence-corrected chi connectivity index (χ1v) is 5.44. The molecule has 0 radical (unpaired) electrons. The highest BCUT2D eigenvalue weighted by Crippen LogP contribution is 2.16. The summed E-state index contributed by atoms with van der Waals surface area (Å²) in [6.45, 7) is 6.85. The molecule has 0 aromatic carbocycles. The van der Waals surface area contributed by atoms with Gasteiger partial charge in [0.25, 0.3) is 0 Å². The minimum Gasteiger partial charge on any atom is -0.293 e. The normalized spacial score (nSPS) is 10.9. The molecule has 0 amide bonds. The van der Waals surface area contributed by atoms with Gasteiger partial charge in [0.15, 0.2) is 0 Å². The average molecular weight is 226 g/mol. The molecule has 0 spiro atoms. The SMILES string of the molecule is CCCC(CC)CCC.O=CC(F)(F)F. The van der Waals surface area contributed by atoms with Crippen LogP contribution in [-0.2, 0) is 4.79 Å². The lowest BCUT2D eigenvalue weighted by Crippen LogP contribution is -2.07. The lowest BCUT2D eigenvalue weighted by molar-refractivity contribution is -0.156. The van der Waals surface area contributed by atoms with Crippen molar-refractivity contribution in [2.75, 3.05) is 0 Å². The van der Waals surface area contributed by atoms with Gasteiger partial charge in [-0.3, -0.25) is 4.79 Å². The number of rotatable bonds is 5. The minimum absolute atomic E-state index is 1.01. The maximum absolute atomic E-state index is 10.4. The number of halogens is 3. The molecule has 0 saturated heterocycles. The Hall–Kier alpha value is -0.540. The Bertz CT molecular complexity index is 137. The summed E-state index contributed by atoms with van der Waals surface area (Å²) >= 11 is 0. The second kappa shape index (κ2) is 9.99. The highest BCUT2D eigenvalue weighted by Gasteiger charge is 2.24. The van der Waals surface area contributed by atoms with E-state index in [1.807, 2.05) is 0 Å². The summed E-state index contributed by atoms with van der Waals surface area (Å²) < 4.78 is 31.2. The fraction of sp³-hybridized carbons (Fsp3) is 0.909. The first-order chi connectivity index (χ1) is 6.91. The van der Waals surface area contributed by atoms with Crippen LogP contribution in [0.25, 0.3) is 0 Å². The molecule has 0 unspecified atom stereocenters. The summed E-state index contributed by atoms with van der Waals surface area (Å²) in [5.41, 5.74) is 0. The van der Waals surface area contributed by atoms with E-state index in [4.69, 9.17) is 4.79 Å². The fourth-order valence-corrected chi connectivity index (χ4v) is 1.37. The third-order valence-electron chi connectivity index (χ3n) is 2.10. The molecular weight excluding hydrogens is 205 g/mol. The lowest BCUT2D eigenvalue weighted by atomic mass is 9.96. The van der Waals surface area contributed by atoms with E-state index in [2.05, 4.69) is 20.8 Å². The second-order valence-electron chi connectivity index (χ2n) is 3.51.